The van der Waals surface area contributed by atoms with Crippen molar-refractivity contribution in [3.63, 3.8) is 0 Å². The van der Waals surface area contributed by atoms with Crippen LogP contribution in [-0.4, -0.2) is 62.8 Å². The first-order valence-corrected chi connectivity index (χ1v) is 8.27. The maximum atomic E-state index is 12.4. The van der Waals surface area contributed by atoms with Crippen LogP contribution in [0.4, 0.5) is 0 Å². The van der Waals surface area contributed by atoms with Crippen LogP contribution in [0.15, 0.2) is 24.3 Å². The molecule has 1 aromatic carbocycles. The molecule has 0 saturated carbocycles. The summed E-state index contributed by atoms with van der Waals surface area (Å²) in [4.78, 5) is 25.8. The van der Waals surface area contributed by atoms with Crippen molar-refractivity contribution in [2.45, 2.75) is 25.5 Å². The molecule has 1 fully saturated rings. The Hall–Kier alpha value is -2.12. The smallest absolute Gasteiger partial charge is 0.223 e. The first kappa shape index (κ1) is 19.2. The zero-order valence-corrected chi connectivity index (χ0v) is 15.0. The van der Waals surface area contributed by atoms with Crippen molar-refractivity contribution in [3.05, 3.63) is 29.8 Å². The van der Waals surface area contributed by atoms with Gasteiger partial charge < -0.3 is 24.4 Å². The SMILES string of the molecule is COC[C@@]1(CC(=O)NCc2ccccc2OC)CN(C(C)=O)CCO1. The van der Waals surface area contributed by atoms with Crippen LogP contribution in [0.25, 0.3) is 0 Å². The van der Waals surface area contributed by atoms with Crippen molar-refractivity contribution >= 4 is 11.8 Å². The number of carbonyl (C=O) groups is 2. The van der Waals surface area contributed by atoms with Gasteiger partial charge in [-0.3, -0.25) is 9.59 Å². The van der Waals surface area contributed by atoms with Gasteiger partial charge in [0, 0.05) is 32.7 Å². The predicted molar refractivity (Wildman–Crippen MR) is 92.3 cm³/mol. The van der Waals surface area contributed by atoms with E-state index in [9.17, 15) is 9.59 Å². The third-order valence-corrected chi connectivity index (χ3v) is 4.25. The van der Waals surface area contributed by atoms with E-state index in [2.05, 4.69) is 5.32 Å². The molecular weight excluding hydrogens is 324 g/mol. The molecular formula is C18H26N2O5. The lowest BCUT2D eigenvalue weighted by atomic mass is 9.97. The summed E-state index contributed by atoms with van der Waals surface area (Å²) in [6.07, 6.45) is 0.125. The number of hydrogen-bond acceptors (Lipinski definition) is 5. The number of nitrogens with zero attached hydrogens (tertiary/aromatic N) is 1. The lowest BCUT2D eigenvalue weighted by Gasteiger charge is -2.41. The molecule has 7 heteroatoms. The van der Waals surface area contributed by atoms with Gasteiger partial charge in [-0.05, 0) is 6.07 Å². The average Bonchev–Trinajstić information content (AvgIpc) is 2.60. The van der Waals surface area contributed by atoms with Gasteiger partial charge >= 0.3 is 0 Å². The zero-order valence-electron chi connectivity index (χ0n) is 15.0. The second-order valence-electron chi connectivity index (χ2n) is 6.17. The number of hydrogen-bond donors (Lipinski definition) is 1. The number of nitrogens with one attached hydrogen (secondary N) is 1. The topological polar surface area (TPSA) is 77.1 Å². The summed E-state index contributed by atoms with van der Waals surface area (Å²) in [6.45, 7) is 3.40. The Morgan fingerprint density at radius 1 is 1.32 bits per heavy atom. The summed E-state index contributed by atoms with van der Waals surface area (Å²) >= 11 is 0. The minimum absolute atomic E-state index is 0.0294. The molecule has 0 aliphatic carbocycles. The van der Waals surface area contributed by atoms with Crippen LogP contribution < -0.4 is 10.1 Å². The molecule has 1 atom stereocenters. The van der Waals surface area contributed by atoms with Crippen LogP contribution in [0.5, 0.6) is 5.75 Å². The van der Waals surface area contributed by atoms with Gasteiger partial charge in [-0.15, -0.1) is 0 Å². The fourth-order valence-electron chi connectivity index (χ4n) is 3.02. The number of morpholine rings is 1. The van der Waals surface area contributed by atoms with E-state index in [-0.39, 0.29) is 24.8 Å². The molecule has 1 N–H and O–H groups in total. The summed E-state index contributed by atoms with van der Waals surface area (Å²) in [5, 5.41) is 2.89. The van der Waals surface area contributed by atoms with Gasteiger partial charge in [0.1, 0.15) is 11.4 Å². The van der Waals surface area contributed by atoms with Gasteiger partial charge in [0.15, 0.2) is 0 Å². The van der Waals surface area contributed by atoms with E-state index in [1.807, 2.05) is 24.3 Å². The quantitative estimate of drug-likeness (QED) is 0.793. The van der Waals surface area contributed by atoms with E-state index in [1.54, 1.807) is 19.1 Å². The van der Waals surface area contributed by atoms with Crippen LogP contribution in [0, 0.1) is 0 Å². The molecule has 2 rings (SSSR count). The van der Waals surface area contributed by atoms with Gasteiger partial charge in [0.2, 0.25) is 11.8 Å². The van der Waals surface area contributed by atoms with E-state index in [4.69, 9.17) is 14.2 Å². The fourth-order valence-corrected chi connectivity index (χ4v) is 3.02. The summed E-state index contributed by atoms with van der Waals surface area (Å²) in [5.74, 6) is 0.539. The molecule has 1 heterocycles. The lowest BCUT2D eigenvalue weighted by Crippen LogP contribution is -2.57. The Labute approximate surface area is 148 Å². The fraction of sp³-hybridized carbons (Fsp3) is 0.556. The molecule has 1 aromatic rings. The van der Waals surface area contributed by atoms with Crippen LogP contribution in [0.1, 0.15) is 18.9 Å². The Balaban J connectivity index is 1.99. The number of para-hydroxylation sites is 1. The monoisotopic (exact) mass is 350 g/mol. The number of benzene rings is 1. The normalized spacial score (nSPS) is 20.2. The van der Waals surface area contributed by atoms with Crippen LogP contribution in [0.2, 0.25) is 0 Å². The molecule has 7 nitrogen and oxygen atoms in total. The van der Waals surface area contributed by atoms with Crippen molar-refractivity contribution in [2.75, 3.05) is 40.5 Å². The largest absolute Gasteiger partial charge is 0.496 e. The summed E-state index contributed by atoms with van der Waals surface area (Å²) in [6, 6.07) is 7.52. The minimum atomic E-state index is -0.816. The molecule has 138 valence electrons. The van der Waals surface area contributed by atoms with Gasteiger partial charge in [0.25, 0.3) is 0 Å². The van der Waals surface area contributed by atoms with Crippen LogP contribution in [-0.2, 0) is 25.6 Å². The Kier molecular flexibility index (Phi) is 6.78. The van der Waals surface area contributed by atoms with E-state index in [1.165, 1.54) is 6.92 Å². The third kappa shape index (κ3) is 5.17. The van der Waals surface area contributed by atoms with Crippen molar-refractivity contribution in [1.29, 1.82) is 0 Å². The Morgan fingerprint density at radius 2 is 2.08 bits per heavy atom. The maximum absolute atomic E-state index is 12.4. The van der Waals surface area contributed by atoms with Crippen molar-refractivity contribution in [1.82, 2.24) is 10.2 Å². The number of ether oxygens (including phenoxy) is 3. The molecule has 25 heavy (non-hydrogen) atoms. The first-order chi connectivity index (χ1) is 12.0. The van der Waals surface area contributed by atoms with Crippen molar-refractivity contribution < 1.29 is 23.8 Å². The summed E-state index contributed by atoms with van der Waals surface area (Å²) in [5.41, 5.74) is 0.0813. The molecule has 1 aliphatic heterocycles. The summed E-state index contributed by atoms with van der Waals surface area (Å²) < 4.78 is 16.4. The van der Waals surface area contributed by atoms with Crippen LogP contribution in [0.3, 0.4) is 0 Å². The Bertz CT molecular complexity index is 603. The highest BCUT2D eigenvalue weighted by Crippen LogP contribution is 2.23. The Morgan fingerprint density at radius 3 is 2.76 bits per heavy atom. The standard InChI is InChI=1S/C18H26N2O5/c1-14(21)20-8-9-25-18(12-20,13-23-2)10-17(22)19-11-15-6-4-5-7-16(15)24-3/h4-7H,8-13H2,1-3H3,(H,19,22)/t18-/m1/s1. The van der Waals surface area contributed by atoms with Crippen molar-refractivity contribution in [3.8, 4) is 5.75 Å². The second-order valence-corrected chi connectivity index (χ2v) is 6.17. The highest BCUT2D eigenvalue weighted by atomic mass is 16.5. The highest BCUT2D eigenvalue weighted by molar-refractivity contribution is 5.78. The van der Waals surface area contributed by atoms with Gasteiger partial charge in [-0.25, -0.2) is 0 Å². The minimum Gasteiger partial charge on any atom is -0.496 e. The average molecular weight is 350 g/mol. The first-order valence-electron chi connectivity index (χ1n) is 8.27. The molecule has 0 spiro atoms. The van der Waals surface area contributed by atoms with Crippen LogP contribution >= 0.6 is 0 Å². The van der Waals surface area contributed by atoms with E-state index in [0.717, 1.165) is 11.3 Å². The molecule has 0 unspecified atom stereocenters. The number of carbonyl (C=O) groups excluding carboxylic acids is 2. The maximum Gasteiger partial charge on any atom is 0.223 e. The lowest BCUT2D eigenvalue weighted by molar-refractivity contribution is -0.165. The molecule has 0 aromatic heterocycles. The van der Waals surface area contributed by atoms with Gasteiger partial charge in [-0.2, -0.15) is 0 Å². The van der Waals surface area contributed by atoms with E-state index < -0.39 is 5.60 Å². The number of rotatable bonds is 7. The van der Waals surface area contributed by atoms with E-state index >= 15 is 0 Å². The highest BCUT2D eigenvalue weighted by Gasteiger charge is 2.39. The van der Waals surface area contributed by atoms with Crippen molar-refractivity contribution in [2.24, 2.45) is 0 Å². The third-order valence-electron chi connectivity index (χ3n) is 4.25. The second kappa shape index (κ2) is 8.82. The zero-order chi connectivity index (χ0) is 18.3. The predicted octanol–water partition coefficient (Wildman–Crippen LogP) is 0.965. The molecule has 0 bridgehead atoms. The molecule has 2 amide bonds. The van der Waals surface area contributed by atoms with E-state index in [0.29, 0.717) is 26.2 Å². The number of methoxy groups -OCH3 is 2. The van der Waals surface area contributed by atoms with Gasteiger partial charge in [0.05, 0.1) is 33.3 Å². The molecule has 1 aliphatic rings. The van der Waals surface area contributed by atoms with Gasteiger partial charge in [-0.1, -0.05) is 18.2 Å². The molecule has 0 radical (unpaired) electrons. The number of amides is 2. The summed E-state index contributed by atoms with van der Waals surface area (Å²) in [7, 11) is 3.16. The molecule has 1 saturated heterocycles.